The van der Waals surface area contributed by atoms with E-state index >= 15 is 8.78 Å². The quantitative estimate of drug-likeness (QED) is 0.271. The number of rotatable bonds is 6. The molecular formula is C25H22ClF3N8. The van der Waals surface area contributed by atoms with Crippen molar-refractivity contribution in [2.24, 2.45) is 10.7 Å². The highest BCUT2D eigenvalue weighted by Crippen LogP contribution is 2.43. The lowest BCUT2D eigenvalue weighted by Gasteiger charge is -2.28. The second-order valence-electron chi connectivity index (χ2n) is 8.37. The van der Waals surface area contributed by atoms with Crippen molar-refractivity contribution >= 4 is 23.3 Å². The van der Waals surface area contributed by atoms with Crippen LogP contribution in [-0.2, 0) is 12.5 Å². The molecule has 37 heavy (non-hydrogen) atoms. The Morgan fingerprint density at radius 2 is 2.05 bits per heavy atom. The first-order chi connectivity index (χ1) is 17.9. The van der Waals surface area contributed by atoms with Gasteiger partial charge in [-0.15, -0.1) is 10.2 Å². The van der Waals surface area contributed by atoms with Gasteiger partial charge >= 0.3 is 5.92 Å². The number of aliphatic imine (C=N–C) groups is 1. The molecule has 12 heteroatoms. The molecule has 4 aromatic rings. The molecule has 0 saturated carbocycles. The lowest BCUT2D eigenvalue weighted by atomic mass is 10.1. The predicted molar refractivity (Wildman–Crippen MR) is 136 cm³/mol. The van der Waals surface area contributed by atoms with Crippen molar-refractivity contribution in [2.75, 3.05) is 19.0 Å². The van der Waals surface area contributed by atoms with Crippen LogP contribution >= 0.6 is 11.6 Å². The van der Waals surface area contributed by atoms with Crippen LogP contribution in [0.5, 0.6) is 0 Å². The van der Waals surface area contributed by atoms with Crippen molar-refractivity contribution in [1.82, 2.24) is 24.3 Å². The van der Waals surface area contributed by atoms with Crippen LogP contribution in [0.15, 0.2) is 72.1 Å². The van der Waals surface area contributed by atoms with E-state index in [0.29, 0.717) is 17.3 Å². The molecule has 0 saturated heterocycles. The minimum Gasteiger partial charge on any atom is -0.404 e. The number of amidine groups is 1. The number of pyridine rings is 1. The molecule has 0 unspecified atom stereocenters. The molecule has 3 N–H and O–H groups in total. The van der Waals surface area contributed by atoms with Crippen molar-refractivity contribution in [2.45, 2.75) is 18.5 Å². The fourth-order valence-corrected chi connectivity index (χ4v) is 4.62. The number of alkyl halides is 3. The van der Waals surface area contributed by atoms with Crippen molar-refractivity contribution in [1.29, 1.82) is 0 Å². The maximum Gasteiger partial charge on any atom is 0.333 e. The molecule has 5 rings (SSSR count). The third-order valence-electron chi connectivity index (χ3n) is 6.11. The van der Waals surface area contributed by atoms with Crippen molar-refractivity contribution in [3.05, 3.63) is 83.5 Å². The predicted octanol–water partition coefficient (Wildman–Crippen LogP) is 5.04. The molecule has 0 spiro atoms. The molecule has 0 fully saturated rings. The summed E-state index contributed by atoms with van der Waals surface area (Å²) in [6, 6.07) is 10.1. The Balaban J connectivity index is 1.55. The number of hydrogen-bond donors (Lipinski definition) is 2. The molecule has 190 valence electrons. The molecule has 0 amide bonds. The number of benzene rings is 1. The SMILES string of the molecule is CN=C(C=CN)Nc1cc(-c2cc3n(c2)C[C@H](CF)n2c-3nnc2C(F)(F)c2ccccc2Cl)ccn1. The van der Waals surface area contributed by atoms with Crippen LogP contribution in [0.25, 0.3) is 22.6 Å². The lowest BCUT2D eigenvalue weighted by molar-refractivity contribution is 0.0259. The van der Waals surface area contributed by atoms with Gasteiger partial charge in [-0.25, -0.2) is 9.37 Å². The summed E-state index contributed by atoms with van der Waals surface area (Å²) in [6.45, 7) is -0.743. The number of anilines is 1. The van der Waals surface area contributed by atoms with E-state index in [1.165, 1.54) is 29.0 Å². The highest BCUT2D eigenvalue weighted by molar-refractivity contribution is 6.31. The van der Waals surface area contributed by atoms with Gasteiger partial charge in [0.1, 0.15) is 18.3 Å². The number of nitrogens with one attached hydrogen (secondary N) is 1. The molecule has 4 heterocycles. The van der Waals surface area contributed by atoms with E-state index in [4.69, 9.17) is 17.3 Å². The second-order valence-corrected chi connectivity index (χ2v) is 8.78. The average molecular weight is 527 g/mol. The van der Waals surface area contributed by atoms with Gasteiger partial charge in [0.25, 0.3) is 0 Å². The van der Waals surface area contributed by atoms with Crippen molar-refractivity contribution in [3.63, 3.8) is 0 Å². The van der Waals surface area contributed by atoms with Crippen LogP contribution in [0.1, 0.15) is 17.4 Å². The van der Waals surface area contributed by atoms with Gasteiger partial charge in [0.05, 0.1) is 16.8 Å². The second kappa shape index (κ2) is 9.74. The van der Waals surface area contributed by atoms with Gasteiger partial charge in [0.2, 0.25) is 5.82 Å². The van der Waals surface area contributed by atoms with Gasteiger partial charge in [0, 0.05) is 37.1 Å². The van der Waals surface area contributed by atoms with Gasteiger partial charge in [0.15, 0.2) is 5.82 Å². The third-order valence-corrected chi connectivity index (χ3v) is 6.44. The fraction of sp³-hybridized carbons (Fsp3) is 0.200. The Bertz CT molecular complexity index is 1510. The number of halogens is 4. The topological polar surface area (TPSA) is 98.9 Å². The van der Waals surface area contributed by atoms with E-state index in [9.17, 15) is 4.39 Å². The van der Waals surface area contributed by atoms with Crippen LogP contribution < -0.4 is 11.1 Å². The Morgan fingerprint density at radius 3 is 2.78 bits per heavy atom. The first-order valence-corrected chi connectivity index (χ1v) is 11.7. The Kier molecular flexibility index (Phi) is 6.46. The van der Waals surface area contributed by atoms with Gasteiger partial charge in [-0.1, -0.05) is 29.8 Å². The monoisotopic (exact) mass is 526 g/mol. The Hall–Kier alpha value is -4.12. The number of aromatic nitrogens is 5. The molecule has 1 aromatic carbocycles. The molecule has 1 atom stereocenters. The fourth-order valence-electron chi connectivity index (χ4n) is 4.37. The zero-order valence-corrected chi connectivity index (χ0v) is 20.4. The van der Waals surface area contributed by atoms with Crippen molar-refractivity contribution in [3.8, 4) is 22.6 Å². The lowest BCUT2D eigenvalue weighted by Crippen LogP contribution is -2.30. The van der Waals surface area contributed by atoms with Gasteiger partial charge in [-0.3, -0.25) is 9.56 Å². The summed E-state index contributed by atoms with van der Waals surface area (Å²) in [4.78, 5) is 8.39. The first kappa shape index (κ1) is 24.6. The summed E-state index contributed by atoms with van der Waals surface area (Å²) < 4.78 is 48.3. The van der Waals surface area contributed by atoms with E-state index in [-0.39, 0.29) is 17.4 Å². The average Bonchev–Trinajstić information content (AvgIpc) is 3.53. The molecule has 3 aromatic heterocycles. The molecule has 1 aliphatic heterocycles. The summed E-state index contributed by atoms with van der Waals surface area (Å²) in [5, 5.41) is 10.8. The van der Waals surface area contributed by atoms with Crippen molar-refractivity contribution < 1.29 is 13.2 Å². The van der Waals surface area contributed by atoms with E-state index in [0.717, 1.165) is 11.1 Å². The van der Waals surface area contributed by atoms with E-state index in [2.05, 4.69) is 25.5 Å². The molecule has 0 radical (unpaired) electrons. The smallest absolute Gasteiger partial charge is 0.333 e. The zero-order chi connectivity index (χ0) is 26.2. The number of nitrogens with two attached hydrogens (primary N) is 1. The van der Waals surface area contributed by atoms with Gasteiger partial charge < -0.3 is 15.6 Å². The van der Waals surface area contributed by atoms with E-state index < -0.39 is 30.0 Å². The molecule has 0 bridgehead atoms. The summed E-state index contributed by atoms with van der Waals surface area (Å²) in [7, 11) is 1.62. The van der Waals surface area contributed by atoms with Crippen LogP contribution in [0.3, 0.4) is 0 Å². The summed E-state index contributed by atoms with van der Waals surface area (Å²) in [6.07, 6.45) is 6.42. The summed E-state index contributed by atoms with van der Waals surface area (Å²) >= 11 is 6.06. The molecule has 8 nitrogen and oxygen atoms in total. The summed E-state index contributed by atoms with van der Waals surface area (Å²) in [5.41, 5.74) is 7.16. The molecular weight excluding hydrogens is 505 g/mol. The first-order valence-electron chi connectivity index (χ1n) is 11.3. The van der Waals surface area contributed by atoms with Crippen LogP contribution in [0, 0.1) is 0 Å². The minimum atomic E-state index is -3.57. The largest absolute Gasteiger partial charge is 0.404 e. The normalized spacial score (nSPS) is 15.6. The molecule has 1 aliphatic rings. The van der Waals surface area contributed by atoms with E-state index in [1.807, 2.05) is 18.3 Å². The van der Waals surface area contributed by atoms with E-state index in [1.54, 1.807) is 36.0 Å². The van der Waals surface area contributed by atoms with Crippen LogP contribution in [0.2, 0.25) is 5.02 Å². The number of nitrogens with zero attached hydrogens (tertiary/aromatic N) is 6. The highest BCUT2D eigenvalue weighted by atomic mass is 35.5. The highest BCUT2D eigenvalue weighted by Gasteiger charge is 2.44. The van der Waals surface area contributed by atoms with Crippen LogP contribution in [-0.4, -0.2) is 43.9 Å². The van der Waals surface area contributed by atoms with Gasteiger partial charge in [-0.05, 0) is 42.1 Å². The molecule has 0 aliphatic carbocycles. The number of fused-ring (bicyclic) bond motifs is 3. The van der Waals surface area contributed by atoms with Gasteiger partial charge in [-0.2, -0.15) is 8.78 Å². The Labute approximate surface area is 215 Å². The zero-order valence-electron chi connectivity index (χ0n) is 19.6. The minimum absolute atomic E-state index is 0.108. The third kappa shape index (κ3) is 4.35. The van der Waals surface area contributed by atoms with Crippen LogP contribution in [0.4, 0.5) is 19.0 Å². The maximum absolute atomic E-state index is 15.6. The number of hydrogen-bond acceptors (Lipinski definition) is 5. The maximum atomic E-state index is 15.6. The Morgan fingerprint density at radius 1 is 1.24 bits per heavy atom. The standard InChI is InChI=1S/C25H22ClF3N8/c1-31-21(6-8-30)33-22-11-15(7-9-32-22)16-10-20-23-34-35-24(37(23)17(12-27)14-36(20)13-16)25(28,29)18-4-2-3-5-19(18)26/h2-11,13,17H,12,14,30H2,1H3,(H,31,32,33)/t17-/m0/s1. The summed E-state index contributed by atoms with van der Waals surface area (Å²) in [5.74, 6) is -3.01.